The van der Waals surface area contributed by atoms with E-state index in [9.17, 15) is 0 Å². The molecule has 1 atom stereocenters. The Morgan fingerprint density at radius 1 is 1.53 bits per heavy atom. The van der Waals surface area contributed by atoms with Gasteiger partial charge in [-0.05, 0) is 32.7 Å². The van der Waals surface area contributed by atoms with Gasteiger partial charge in [-0.1, -0.05) is 6.92 Å². The molecular formula is C14H25N3OS. The smallest absolute Gasteiger partial charge is 0.185 e. The van der Waals surface area contributed by atoms with E-state index in [1.807, 2.05) is 11.3 Å². The Labute approximate surface area is 120 Å². The van der Waals surface area contributed by atoms with Gasteiger partial charge in [0, 0.05) is 31.6 Å². The van der Waals surface area contributed by atoms with E-state index in [1.165, 1.54) is 29.8 Å². The first-order valence-corrected chi connectivity index (χ1v) is 8.01. The quantitative estimate of drug-likeness (QED) is 0.814. The van der Waals surface area contributed by atoms with Crippen LogP contribution in [0.5, 0.6) is 0 Å². The second kappa shape index (κ2) is 7.22. The molecule has 1 fully saturated rings. The number of aromatic nitrogens is 1. The number of thiazole rings is 1. The van der Waals surface area contributed by atoms with Crippen LogP contribution >= 0.6 is 11.3 Å². The molecule has 19 heavy (non-hydrogen) atoms. The van der Waals surface area contributed by atoms with Crippen molar-refractivity contribution in [2.45, 2.75) is 45.8 Å². The standard InChI is InChI=1S/C14H25N3OS/c1-4-7-15-9-13-11(2)16-14(19-13)17-8-5-6-12(10-17)18-3/h12,15H,4-10H2,1-3H3. The summed E-state index contributed by atoms with van der Waals surface area (Å²) in [6.45, 7) is 8.40. The zero-order valence-electron chi connectivity index (χ0n) is 12.2. The number of anilines is 1. The van der Waals surface area contributed by atoms with Crippen LogP contribution in [0, 0.1) is 6.92 Å². The molecule has 4 nitrogen and oxygen atoms in total. The monoisotopic (exact) mass is 283 g/mol. The van der Waals surface area contributed by atoms with Crippen LogP contribution < -0.4 is 10.2 Å². The van der Waals surface area contributed by atoms with E-state index in [-0.39, 0.29) is 0 Å². The van der Waals surface area contributed by atoms with Gasteiger partial charge in [0.15, 0.2) is 5.13 Å². The van der Waals surface area contributed by atoms with Crippen molar-refractivity contribution < 1.29 is 4.74 Å². The number of ether oxygens (including phenoxy) is 1. The minimum Gasteiger partial charge on any atom is -0.380 e. The summed E-state index contributed by atoms with van der Waals surface area (Å²) in [6, 6.07) is 0. The maximum atomic E-state index is 5.48. The highest BCUT2D eigenvalue weighted by atomic mass is 32.1. The summed E-state index contributed by atoms with van der Waals surface area (Å²) in [5.74, 6) is 0. The summed E-state index contributed by atoms with van der Waals surface area (Å²) in [5, 5.41) is 4.62. The lowest BCUT2D eigenvalue weighted by Crippen LogP contribution is -2.39. The van der Waals surface area contributed by atoms with Gasteiger partial charge >= 0.3 is 0 Å². The fourth-order valence-corrected chi connectivity index (χ4v) is 3.46. The third-order valence-electron chi connectivity index (χ3n) is 3.58. The topological polar surface area (TPSA) is 37.4 Å². The van der Waals surface area contributed by atoms with Gasteiger partial charge in [-0.25, -0.2) is 4.98 Å². The van der Waals surface area contributed by atoms with Crippen LogP contribution in [0.15, 0.2) is 0 Å². The number of methoxy groups -OCH3 is 1. The molecule has 1 aromatic heterocycles. The molecule has 2 heterocycles. The van der Waals surface area contributed by atoms with Crippen LogP contribution in [-0.4, -0.2) is 37.8 Å². The van der Waals surface area contributed by atoms with Crippen LogP contribution in [0.1, 0.15) is 36.8 Å². The fourth-order valence-electron chi connectivity index (χ4n) is 2.39. The van der Waals surface area contributed by atoms with Gasteiger partial charge in [0.05, 0.1) is 11.8 Å². The highest BCUT2D eigenvalue weighted by Gasteiger charge is 2.22. The van der Waals surface area contributed by atoms with Gasteiger partial charge in [0.2, 0.25) is 0 Å². The van der Waals surface area contributed by atoms with Crippen LogP contribution in [0.4, 0.5) is 5.13 Å². The summed E-state index contributed by atoms with van der Waals surface area (Å²) < 4.78 is 5.48. The molecule has 0 saturated carbocycles. The zero-order valence-corrected chi connectivity index (χ0v) is 13.1. The average molecular weight is 283 g/mol. The molecule has 5 heteroatoms. The fraction of sp³-hybridized carbons (Fsp3) is 0.786. The molecule has 1 N–H and O–H groups in total. The third kappa shape index (κ3) is 3.91. The molecule has 0 amide bonds. The molecule has 2 rings (SSSR count). The highest BCUT2D eigenvalue weighted by molar-refractivity contribution is 7.15. The molecule has 1 aliphatic rings. The lowest BCUT2D eigenvalue weighted by molar-refractivity contribution is 0.0893. The second-order valence-corrected chi connectivity index (χ2v) is 6.19. The molecule has 0 spiro atoms. The summed E-state index contributed by atoms with van der Waals surface area (Å²) in [5.41, 5.74) is 1.17. The Morgan fingerprint density at radius 3 is 3.11 bits per heavy atom. The summed E-state index contributed by atoms with van der Waals surface area (Å²) in [6.07, 6.45) is 3.90. The predicted octanol–water partition coefficient (Wildman–Crippen LogP) is 2.57. The molecule has 108 valence electrons. The molecule has 0 radical (unpaired) electrons. The first-order chi connectivity index (χ1) is 9.24. The number of hydrogen-bond donors (Lipinski definition) is 1. The van der Waals surface area contributed by atoms with E-state index in [0.717, 1.165) is 31.3 Å². The van der Waals surface area contributed by atoms with Gasteiger partial charge < -0.3 is 15.0 Å². The van der Waals surface area contributed by atoms with Crippen molar-refractivity contribution in [3.63, 3.8) is 0 Å². The van der Waals surface area contributed by atoms with Gasteiger partial charge in [0.25, 0.3) is 0 Å². The van der Waals surface area contributed by atoms with Crippen molar-refractivity contribution in [3.8, 4) is 0 Å². The molecular weight excluding hydrogens is 258 g/mol. The number of nitrogens with one attached hydrogen (secondary N) is 1. The summed E-state index contributed by atoms with van der Waals surface area (Å²) >= 11 is 1.83. The number of nitrogens with zero attached hydrogens (tertiary/aromatic N) is 2. The normalized spacial score (nSPS) is 19.9. The molecule has 0 aromatic carbocycles. The van der Waals surface area contributed by atoms with E-state index < -0.39 is 0 Å². The van der Waals surface area contributed by atoms with Gasteiger partial charge in [-0.3, -0.25) is 0 Å². The Balaban J connectivity index is 1.98. The molecule has 1 aliphatic heterocycles. The van der Waals surface area contributed by atoms with Crippen LogP contribution in [-0.2, 0) is 11.3 Å². The number of rotatable bonds is 6. The van der Waals surface area contributed by atoms with E-state index in [0.29, 0.717) is 6.10 Å². The maximum Gasteiger partial charge on any atom is 0.185 e. The largest absolute Gasteiger partial charge is 0.380 e. The molecule has 0 bridgehead atoms. The number of aryl methyl sites for hydroxylation is 1. The van der Waals surface area contributed by atoms with Gasteiger partial charge in [-0.15, -0.1) is 11.3 Å². The Morgan fingerprint density at radius 2 is 2.37 bits per heavy atom. The van der Waals surface area contributed by atoms with E-state index >= 15 is 0 Å². The maximum absolute atomic E-state index is 5.48. The molecule has 1 aromatic rings. The van der Waals surface area contributed by atoms with Crippen molar-refractivity contribution in [1.82, 2.24) is 10.3 Å². The molecule has 0 aliphatic carbocycles. The number of hydrogen-bond acceptors (Lipinski definition) is 5. The van der Waals surface area contributed by atoms with Crippen molar-refractivity contribution in [2.24, 2.45) is 0 Å². The SMILES string of the molecule is CCCNCc1sc(N2CCCC(OC)C2)nc1C. The molecule has 1 saturated heterocycles. The van der Waals surface area contributed by atoms with E-state index in [2.05, 4.69) is 24.1 Å². The van der Waals surface area contributed by atoms with Crippen LogP contribution in [0.25, 0.3) is 0 Å². The van der Waals surface area contributed by atoms with Gasteiger partial charge in [-0.2, -0.15) is 0 Å². The van der Waals surface area contributed by atoms with E-state index in [1.54, 1.807) is 7.11 Å². The minimum absolute atomic E-state index is 0.361. The highest BCUT2D eigenvalue weighted by Crippen LogP contribution is 2.28. The zero-order chi connectivity index (χ0) is 13.7. The minimum atomic E-state index is 0.361. The van der Waals surface area contributed by atoms with Crippen molar-refractivity contribution in [1.29, 1.82) is 0 Å². The Hall–Kier alpha value is -0.650. The van der Waals surface area contributed by atoms with E-state index in [4.69, 9.17) is 9.72 Å². The molecule has 1 unspecified atom stereocenters. The third-order valence-corrected chi connectivity index (χ3v) is 4.79. The van der Waals surface area contributed by atoms with Crippen LogP contribution in [0.2, 0.25) is 0 Å². The lowest BCUT2D eigenvalue weighted by atomic mass is 10.1. The Bertz CT molecular complexity index is 394. The Kier molecular flexibility index (Phi) is 5.60. The van der Waals surface area contributed by atoms with Crippen LogP contribution in [0.3, 0.4) is 0 Å². The average Bonchev–Trinajstić information content (AvgIpc) is 2.81. The summed E-state index contributed by atoms with van der Waals surface area (Å²) in [7, 11) is 1.81. The van der Waals surface area contributed by atoms with Gasteiger partial charge in [0.1, 0.15) is 0 Å². The lowest BCUT2D eigenvalue weighted by Gasteiger charge is -2.31. The first kappa shape index (κ1) is 14.8. The van der Waals surface area contributed by atoms with Crippen molar-refractivity contribution in [3.05, 3.63) is 10.6 Å². The number of piperidine rings is 1. The van der Waals surface area contributed by atoms with Crippen molar-refractivity contribution >= 4 is 16.5 Å². The second-order valence-electron chi connectivity index (χ2n) is 5.13. The van der Waals surface area contributed by atoms with Crippen molar-refractivity contribution in [2.75, 3.05) is 31.6 Å². The predicted molar refractivity (Wildman–Crippen MR) is 81.1 cm³/mol. The summed E-state index contributed by atoms with van der Waals surface area (Å²) in [4.78, 5) is 8.47. The first-order valence-electron chi connectivity index (χ1n) is 7.19.